The number of esters is 1. The molecule has 1 N–H and O–H groups in total. The molecule has 1 unspecified atom stereocenters. The number of alkyl halides is 3. The second kappa shape index (κ2) is 8.22. The van der Waals surface area contributed by atoms with E-state index in [2.05, 4.69) is 0 Å². The first-order valence-electron chi connectivity index (χ1n) is 11.7. The van der Waals surface area contributed by atoms with Gasteiger partial charge in [0.15, 0.2) is 17.1 Å². The summed E-state index contributed by atoms with van der Waals surface area (Å²) in [5.74, 6) is -3.30. The lowest BCUT2D eigenvalue weighted by Gasteiger charge is -2.63. The third kappa shape index (κ3) is 3.01. The van der Waals surface area contributed by atoms with Crippen molar-refractivity contribution < 1.29 is 37.4 Å². The van der Waals surface area contributed by atoms with Crippen molar-refractivity contribution in [3.05, 3.63) is 23.8 Å². The maximum atomic E-state index is 17.2. The fourth-order valence-electron chi connectivity index (χ4n) is 7.63. The number of fused-ring (bicyclic) bond motifs is 5. The topological polar surface area (TPSA) is 80.7 Å². The molecule has 3 saturated carbocycles. The van der Waals surface area contributed by atoms with E-state index in [9.17, 15) is 23.9 Å². The number of rotatable bonds is 4. The van der Waals surface area contributed by atoms with Gasteiger partial charge in [-0.25, -0.2) is 13.2 Å². The van der Waals surface area contributed by atoms with Gasteiger partial charge >= 0.3 is 5.97 Å². The summed E-state index contributed by atoms with van der Waals surface area (Å²) >= 11 is 0.396. The molecule has 34 heavy (non-hydrogen) atoms. The first kappa shape index (κ1) is 25.5. The largest absolute Gasteiger partial charge is 0.449 e. The monoisotopic (exact) mass is 500 g/mol. The van der Waals surface area contributed by atoms with E-state index < -0.39 is 75.0 Å². The number of ketones is 1. The van der Waals surface area contributed by atoms with Gasteiger partial charge in [0.2, 0.25) is 5.12 Å². The van der Waals surface area contributed by atoms with Crippen molar-refractivity contribution in [2.75, 3.05) is 6.01 Å². The highest BCUT2D eigenvalue weighted by Gasteiger charge is 2.78. The molecule has 4 aliphatic carbocycles. The van der Waals surface area contributed by atoms with Crippen LogP contribution in [0.2, 0.25) is 0 Å². The summed E-state index contributed by atoms with van der Waals surface area (Å²) < 4.78 is 51.8. The van der Waals surface area contributed by atoms with Crippen molar-refractivity contribution in [2.24, 2.45) is 28.6 Å². The van der Waals surface area contributed by atoms with Crippen LogP contribution in [-0.4, -0.2) is 51.5 Å². The van der Waals surface area contributed by atoms with Crippen LogP contribution in [0.25, 0.3) is 0 Å². The molecule has 0 saturated heterocycles. The molecule has 4 aliphatic rings. The number of allylic oxidation sites excluding steroid dienone is 4. The number of hydrogen-bond donors (Lipinski definition) is 1. The SMILES string of the molecule is CCC(=O)OC1(C(=O)SCF)[C@H](C)C[C@H]2[C@@H]3C[C@@H](F)C4=CC(=O)C=C[C@]4(C)[C@@]3(F)[C@@H](O)C[C@@]21C. The molecule has 4 rings (SSSR count). The summed E-state index contributed by atoms with van der Waals surface area (Å²) in [4.78, 5) is 37.8. The van der Waals surface area contributed by atoms with Crippen LogP contribution in [0.15, 0.2) is 23.8 Å². The Morgan fingerprint density at radius 3 is 2.56 bits per heavy atom. The Morgan fingerprint density at radius 2 is 1.94 bits per heavy atom. The molecule has 5 nitrogen and oxygen atoms in total. The predicted octanol–water partition coefficient (Wildman–Crippen LogP) is 4.43. The zero-order chi connectivity index (χ0) is 25.3. The Morgan fingerprint density at radius 1 is 1.26 bits per heavy atom. The molecule has 0 heterocycles. The van der Waals surface area contributed by atoms with Crippen LogP contribution in [0.3, 0.4) is 0 Å². The van der Waals surface area contributed by atoms with Crippen molar-refractivity contribution in [3.63, 3.8) is 0 Å². The van der Waals surface area contributed by atoms with Gasteiger partial charge in [0, 0.05) is 29.1 Å². The Bertz CT molecular complexity index is 984. The summed E-state index contributed by atoms with van der Waals surface area (Å²) in [5.41, 5.74) is -6.84. The van der Waals surface area contributed by atoms with Gasteiger partial charge < -0.3 is 9.84 Å². The van der Waals surface area contributed by atoms with Crippen LogP contribution in [0, 0.1) is 28.6 Å². The molecule has 0 aromatic carbocycles. The number of hydrogen-bond acceptors (Lipinski definition) is 6. The molecule has 3 fully saturated rings. The van der Waals surface area contributed by atoms with E-state index in [0.29, 0.717) is 11.8 Å². The van der Waals surface area contributed by atoms with Gasteiger partial charge in [0.1, 0.15) is 12.2 Å². The third-order valence-corrected chi connectivity index (χ3v) is 9.90. The van der Waals surface area contributed by atoms with Gasteiger partial charge in [-0.1, -0.05) is 26.8 Å². The zero-order valence-electron chi connectivity index (χ0n) is 19.8. The predicted molar refractivity (Wildman–Crippen MR) is 121 cm³/mol. The molecule has 0 aliphatic heterocycles. The van der Waals surface area contributed by atoms with E-state index >= 15 is 8.78 Å². The lowest BCUT2D eigenvalue weighted by atomic mass is 9.44. The van der Waals surface area contributed by atoms with Gasteiger partial charge in [-0.05, 0) is 61.6 Å². The fourth-order valence-corrected chi connectivity index (χ4v) is 8.42. The van der Waals surface area contributed by atoms with Crippen molar-refractivity contribution in [1.82, 2.24) is 0 Å². The van der Waals surface area contributed by atoms with E-state index in [-0.39, 0.29) is 31.3 Å². The third-order valence-electron chi connectivity index (χ3n) is 9.22. The minimum atomic E-state index is -2.30. The van der Waals surface area contributed by atoms with Crippen LogP contribution in [0.4, 0.5) is 13.2 Å². The number of aliphatic hydroxyl groups is 1. The smallest absolute Gasteiger partial charge is 0.306 e. The van der Waals surface area contributed by atoms with Gasteiger partial charge in [0.25, 0.3) is 0 Å². The molecule has 0 amide bonds. The normalized spacial score (nSPS) is 47.4. The Balaban J connectivity index is 1.87. The van der Waals surface area contributed by atoms with Gasteiger partial charge in [-0.15, -0.1) is 0 Å². The molecule has 0 radical (unpaired) electrons. The highest BCUT2D eigenvalue weighted by atomic mass is 32.2. The molecule has 0 bridgehead atoms. The van der Waals surface area contributed by atoms with Gasteiger partial charge in [-0.3, -0.25) is 14.4 Å². The number of carbonyl (C=O) groups excluding carboxylic acids is 3. The van der Waals surface area contributed by atoms with E-state index in [0.717, 1.165) is 6.08 Å². The highest BCUT2D eigenvalue weighted by Crippen LogP contribution is 2.72. The van der Waals surface area contributed by atoms with Gasteiger partial charge in [-0.2, -0.15) is 0 Å². The minimum Gasteiger partial charge on any atom is -0.449 e. The molecular formula is C25H31F3O5S. The molecular weight excluding hydrogens is 469 g/mol. The Hall–Kier alpha value is -1.61. The van der Waals surface area contributed by atoms with Crippen LogP contribution < -0.4 is 0 Å². The van der Waals surface area contributed by atoms with Crippen molar-refractivity contribution in [2.45, 2.75) is 76.9 Å². The first-order chi connectivity index (χ1) is 15.8. The van der Waals surface area contributed by atoms with Crippen LogP contribution in [0.1, 0.15) is 53.4 Å². The number of thioether (sulfide) groups is 1. The van der Waals surface area contributed by atoms with E-state index in [1.807, 2.05) is 0 Å². The quantitative estimate of drug-likeness (QED) is 0.576. The van der Waals surface area contributed by atoms with Crippen LogP contribution in [-0.2, 0) is 19.1 Å². The number of carbonyl (C=O) groups is 3. The summed E-state index contributed by atoms with van der Waals surface area (Å²) in [6.07, 6.45) is 0.160. The zero-order valence-corrected chi connectivity index (χ0v) is 20.6. The standard InChI is InChI=1S/C25H31F3O5S/c1-5-20(31)33-25(21(32)34-12-26)13(2)8-15-16-10-18(27)17-9-14(29)6-7-22(17,3)24(16,28)19(30)11-23(15,25)4/h6-7,9,13,15-16,18-19,30H,5,8,10-12H2,1-4H3/t13-,15+,16+,18-,19+,22+,23+,24+,25?/m1/s1. The molecule has 0 aromatic rings. The summed E-state index contributed by atoms with van der Waals surface area (Å²) in [6.45, 7) is 6.45. The molecule has 9 heteroatoms. The fraction of sp³-hybridized carbons (Fsp3) is 0.720. The summed E-state index contributed by atoms with van der Waals surface area (Å²) in [6, 6.07) is -1.02. The molecule has 9 atom stereocenters. The summed E-state index contributed by atoms with van der Waals surface area (Å²) in [5, 5.41) is 10.7. The van der Waals surface area contributed by atoms with Crippen molar-refractivity contribution in [3.8, 4) is 0 Å². The van der Waals surface area contributed by atoms with Crippen LogP contribution in [0.5, 0.6) is 0 Å². The lowest BCUT2D eigenvalue weighted by Crippen LogP contribution is -2.70. The highest BCUT2D eigenvalue weighted by molar-refractivity contribution is 8.13. The molecule has 0 aromatic heterocycles. The maximum Gasteiger partial charge on any atom is 0.306 e. The number of aliphatic hydroxyl groups excluding tert-OH is 1. The first-order valence-corrected chi connectivity index (χ1v) is 12.7. The van der Waals surface area contributed by atoms with Crippen molar-refractivity contribution >= 4 is 28.6 Å². The van der Waals surface area contributed by atoms with E-state index in [4.69, 9.17) is 4.74 Å². The molecule has 0 spiro atoms. The lowest BCUT2D eigenvalue weighted by molar-refractivity contribution is -0.228. The minimum absolute atomic E-state index is 0.0141. The molecule has 188 valence electrons. The van der Waals surface area contributed by atoms with E-state index in [1.54, 1.807) is 20.8 Å². The van der Waals surface area contributed by atoms with Crippen molar-refractivity contribution in [1.29, 1.82) is 0 Å². The summed E-state index contributed by atoms with van der Waals surface area (Å²) in [7, 11) is 0. The average Bonchev–Trinajstić information content (AvgIpc) is 2.99. The Kier molecular flexibility index (Phi) is 6.16. The van der Waals surface area contributed by atoms with Crippen LogP contribution >= 0.6 is 11.8 Å². The Labute approximate surface area is 201 Å². The maximum absolute atomic E-state index is 17.2. The van der Waals surface area contributed by atoms with E-state index in [1.165, 1.54) is 19.1 Å². The second-order valence-electron chi connectivity index (χ2n) is 10.6. The average molecular weight is 501 g/mol. The van der Waals surface area contributed by atoms with Gasteiger partial charge in [0.05, 0.1) is 6.10 Å². The number of ether oxygens (including phenoxy) is 1. The number of halogens is 3. The second-order valence-corrected chi connectivity index (χ2v) is 11.5.